The Kier molecular flexibility index (Phi) is 4.85. The van der Waals surface area contributed by atoms with Crippen molar-refractivity contribution < 1.29 is 30.6 Å². The van der Waals surface area contributed by atoms with Crippen LogP contribution in [0, 0.1) is 28.6 Å². The summed E-state index contributed by atoms with van der Waals surface area (Å²) in [6.45, 7) is 5.83. The van der Waals surface area contributed by atoms with Crippen LogP contribution in [-0.4, -0.2) is 37.8 Å². The summed E-state index contributed by atoms with van der Waals surface area (Å²) in [4.78, 5) is 14.1. The first-order chi connectivity index (χ1) is 13.7. The highest BCUT2D eigenvalue weighted by atomic mass is 32.2. The largest absolute Gasteiger partial charge is 0.534 e. The van der Waals surface area contributed by atoms with Gasteiger partial charge in [0.1, 0.15) is 5.76 Å². The van der Waals surface area contributed by atoms with Crippen LogP contribution in [0.1, 0.15) is 65.7 Å². The van der Waals surface area contributed by atoms with E-state index in [0.717, 1.165) is 25.7 Å². The van der Waals surface area contributed by atoms with Crippen molar-refractivity contribution in [1.82, 2.24) is 4.90 Å². The Morgan fingerprint density at radius 3 is 2.40 bits per heavy atom. The maximum atomic E-state index is 13.0. The first kappa shape index (κ1) is 22.0. The summed E-state index contributed by atoms with van der Waals surface area (Å²) in [5, 5.41) is 0. The second kappa shape index (κ2) is 6.62. The molecule has 0 bridgehead atoms. The molecule has 30 heavy (non-hydrogen) atoms. The maximum absolute atomic E-state index is 13.0. The van der Waals surface area contributed by atoms with Gasteiger partial charge in [0, 0.05) is 24.9 Å². The third-order valence-corrected chi connectivity index (χ3v) is 9.81. The zero-order valence-electron chi connectivity index (χ0n) is 17.9. The number of rotatable bonds is 2. The molecule has 0 spiro atoms. The number of carbonyl (C=O) groups is 1. The smallest absolute Gasteiger partial charge is 0.380 e. The van der Waals surface area contributed by atoms with Gasteiger partial charge in [-0.1, -0.05) is 13.8 Å². The predicted molar refractivity (Wildman–Crippen MR) is 104 cm³/mol. The number of halogens is 3. The predicted octanol–water partition coefficient (Wildman–Crippen LogP) is 4.60. The standard InChI is InChI=1S/C21H30F3NO4S/c1-12-11-15-13-5-6-16-19(2,10-8-17(26)25(16)4)14(13)7-9-20(15,3)18(12)29-30(27,28)21(22,23)24/h13-16H,5-11H2,1-4H3/t13-,14+,15+,16-,19-,20+/m1/s1. The third kappa shape index (κ3) is 2.93. The summed E-state index contributed by atoms with van der Waals surface area (Å²) >= 11 is 0. The van der Waals surface area contributed by atoms with E-state index in [1.165, 1.54) is 0 Å². The molecule has 3 aliphatic carbocycles. The van der Waals surface area contributed by atoms with E-state index in [4.69, 9.17) is 4.18 Å². The second-order valence-electron chi connectivity index (χ2n) is 10.2. The molecule has 9 heteroatoms. The minimum absolute atomic E-state index is 0.00601. The van der Waals surface area contributed by atoms with Crippen LogP contribution in [0.2, 0.25) is 0 Å². The number of piperidine rings is 1. The average molecular weight is 450 g/mol. The van der Waals surface area contributed by atoms with Gasteiger partial charge in [-0.25, -0.2) is 0 Å². The van der Waals surface area contributed by atoms with Gasteiger partial charge in [0.05, 0.1) is 0 Å². The molecule has 2 saturated carbocycles. The molecule has 0 aromatic carbocycles. The summed E-state index contributed by atoms with van der Waals surface area (Å²) in [7, 11) is -3.80. The molecule has 3 fully saturated rings. The van der Waals surface area contributed by atoms with Crippen LogP contribution < -0.4 is 0 Å². The summed E-state index contributed by atoms with van der Waals surface area (Å²) in [5.74, 6) is 0.914. The van der Waals surface area contributed by atoms with Gasteiger partial charge in [0.15, 0.2) is 0 Å². The first-order valence-electron chi connectivity index (χ1n) is 10.7. The second-order valence-corrected chi connectivity index (χ2v) is 11.8. The molecule has 1 aliphatic heterocycles. The maximum Gasteiger partial charge on any atom is 0.534 e. The van der Waals surface area contributed by atoms with Crippen LogP contribution in [0.4, 0.5) is 13.2 Å². The Labute approximate surface area is 176 Å². The van der Waals surface area contributed by atoms with E-state index < -0.39 is 21.0 Å². The molecule has 1 amide bonds. The van der Waals surface area contributed by atoms with E-state index in [-0.39, 0.29) is 35.0 Å². The van der Waals surface area contributed by atoms with Crippen LogP contribution in [-0.2, 0) is 19.1 Å². The number of carbonyl (C=O) groups excluding carboxylic acids is 1. The number of hydrogen-bond acceptors (Lipinski definition) is 4. The highest BCUT2D eigenvalue weighted by molar-refractivity contribution is 7.87. The molecule has 170 valence electrons. The zero-order valence-corrected chi connectivity index (χ0v) is 18.7. The normalized spacial score (nSPS) is 42.0. The fourth-order valence-electron chi connectivity index (χ4n) is 7.36. The zero-order chi connectivity index (χ0) is 22.3. The van der Waals surface area contributed by atoms with Crippen LogP contribution in [0.15, 0.2) is 11.3 Å². The third-order valence-electron chi connectivity index (χ3n) is 8.86. The quantitative estimate of drug-likeness (QED) is 0.457. The monoisotopic (exact) mass is 449 g/mol. The van der Waals surface area contributed by atoms with E-state index >= 15 is 0 Å². The average Bonchev–Trinajstić information content (AvgIpc) is 2.88. The number of likely N-dealkylation sites (tertiary alicyclic amines) is 1. The molecule has 4 aliphatic rings. The Hall–Kier alpha value is -1.25. The van der Waals surface area contributed by atoms with E-state index in [1.807, 2.05) is 18.9 Å². The van der Waals surface area contributed by atoms with Gasteiger partial charge in [0.25, 0.3) is 0 Å². The summed E-state index contributed by atoms with van der Waals surface area (Å²) < 4.78 is 67.1. The van der Waals surface area contributed by atoms with Gasteiger partial charge in [-0.2, -0.15) is 21.6 Å². The highest BCUT2D eigenvalue weighted by Gasteiger charge is 2.62. The Morgan fingerprint density at radius 1 is 1.10 bits per heavy atom. The van der Waals surface area contributed by atoms with Crippen LogP contribution in [0.3, 0.4) is 0 Å². The molecule has 0 radical (unpaired) electrons. The Balaban J connectivity index is 1.63. The molecule has 4 rings (SSSR count). The molecule has 0 aromatic heterocycles. The van der Waals surface area contributed by atoms with Crippen LogP contribution in [0.5, 0.6) is 0 Å². The number of nitrogens with zero attached hydrogens (tertiary/aromatic N) is 1. The van der Waals surface area contributed by atoms with Gasteiger partial charge in [-0.15, -0.1) is 0 Å². The van der Waals surface area contributed by atoms with E-state index in [9.17, 15) is 26.4 Å². The molecule has 1 heterocycles. The summed E-state index contributed by atoms with van der Waals surface area (Å²) in [6.07, 6.45) is 5.11. The van der Waals surface area contributed by atoms with Crippen molar-refractivity contribution in [3.05, 3.63) is 11.3 Å². The minimum Gasteiger partial charge on any atom is -0.380 e. The van der Waals surface area contributed by atoms with Gasteiger partial charge < -0.3 is 9.08 Å². The SMILES string of the molecule is CC1=C(OS(=O)(=O)C(F)(F)F)[C@@]2(C)CC[C@H]3[C@@H](CC[C@H]4N(C)C(=O)CC[C@]34C)[C@@H]2C1. The van der Waals surface area contributed by atoms with Crippen molar-refractivity contribution >= 4 is 16.0 Å². The Morgan fingerprint density at radius 2 is 1.77 bits per heavy atom. The number of amides is 1. The number of allylic oxidation sites excluding steroid dienone is 2. The molecule has 0 unspecified atom stereocenters. The lowest BCUT2D eigenvalue weighted by molar-refractivity contribution is -0.156. The van der Waals surface area contributed by atoms with Crippen molar-refractivity contribution in [2.24, 2.45) is 28.6 Å². The number of alkyl halides is 3. The summed E-state index contributed by atoms with van der Waals surface area (Å²) in [6, 6.07) is 0.196. The molecule has 1 saturated heterocycles. The van der Waals surface area contributed by atoms with Crippen molar-refractivity contribution in [2.45, 2.75) is 77.3 Å². The minimum atomic E-state index is -5.68. The fourth-order valence-corrected chi connectivity index (χ4v) is 8.01. The molecule has 0 N–H and O–H groups in total. The fraction of sp³-hybridized carbons (Fsp3) is 0.857. The highest BCUT2D eigenvalue weighted by Crippen LogP contribution is 2.66. The van der Waals surface area contributed by atoms with Crippen molar-refractivity contribution in [1.29, 1.82) is 0 Å². The van der Waals surface area contributed by atoms with Gasteiger partial charge >= 0.3 is 15.6 Å². The van der Waals surface area contributed by atoms with Gasteiger partial charge in [0.2, 0.25) is 5.91 Å². The van der Waals surface area contributed by atoms with Gasteiger partial charge in [-0.3, -0.25) is 4.79 Å². The van der Waals surface area contributed by atoms with Crippen LogP contribution in [0.25, 0.3) is 0 Å². The lowest BCUT2D eigenvalue weighted by Crippen LogP contribution is -2.61. The molecule has 0 aromatic rings. The van der Waals surface area contributed by atoms with E-state index in [1.54, 1.807) is 6.92 Å². The van der Waals surface area contributed by atoms with Crippen molar-refractivity contribution in [3.63, 3.8) is 0 Å². The number of hydrogen-bond donors (Lipinski definition) is 0. The Bertz CT molecular complexity index is 898. The number of fused-ring (bicyclic) bond motifs is 5. The first-order valence-corrected chi connectivity index (χ1v) is 12.1. The van der Waals surface area contributed by atoms with E-state index in [0.29, 0.717) is 30.8 Å². The molecule has 5 nitrogen and oxygen atoms in total. The van der Waals surface area contributed by atoms with Gasteiger partial charge in [-0.05, 0) is 74.2 Å². The summed E-state index contributed by atoms with van der Waals surface area (Å²) in [5.41, 5.74) is -5.54. The van der Waals surface area contributed by atoms with E-state index in [2.05, 4.69) is 6.92 Å². The lowest BCUT2D eigenvalue weighted by atomic mass is 9.47. The molecular formula is C21H30F3NO4S. The topological polar surface area (TPSA) is 63.7 Å². The van der Waals surface area contributed by atoms with Crippen LogP contribution >= 0.6 is 0 Å². The van der Waals surface area contributed by atoms with Crippen molar-refractivity contribution in [3.8, 4) is 0 Å². The van der Waals surface area contributed by atoms with Crippen molar-refractivity contribution in [2.75, 3.05) is 7.05 Å². The molecule has 6 atom stereocenters. The lowest BCUT2D eigenvalue weighted by Gasteiger charge is -2.61. The molecular weight excluding hydrogens is 419 g/mol.